The average Bonchev–Trinajstić information content (AvgIpc) is 3.45. The maximum absolute atomic E-state index is 13.0. The van der Waals surface area contributed by atoms with Crippen molar-refractivity contribution in [3.8, 4) is 34.5 Å². The summed E-state index contributed by atoms with van der Waals surface area (Å²) < 4.78 is 53.4. The molecule has 2 fully saturated rings. The standard InChI is InChI=1S/C36H44O20/c1-17(39)52-33-25(15-51-26(40)8-6-18-10-20(47-2)28(42)21(11-18)48-3)53-35(32(46)31(33)45)56-36(16-38)34(30(44)24(14-37)55-36)54-27(41)9-7-19-12-22(49-4)29(43)23(13-19)50-5/h6-13,24-25,30-35,37-38,42-46H,14-16H2,1-5H3/b8-6+,9-7+/t24-,25-,30-,31-,32-,33-,34+,35-,36+/m1/s1. The minimum absolute atomic E-state index is 0.0281. The summed E-state index contributed by atoms with van der Waals surface area (Å²) in [4.78, 5) is 37.7. The summed E-state index contributed by atoms with van der Waals surface area (Å²) in [6, 6.07) is 5.58. The Morgan fingerprint density at radius 2 is 1.23 bits per heavy atom. The molecule has 7 N–H and O–H groups in total. The molecule has 0 aromatic heterocycles. The van der Waals surface area contributed by atoms with Gasteiger partial charge in [0.1, 0.15) is 43.7 Å². The van der Waals surface area contributed by atoms with Gasteiger partial charge in [0.25, 0.3) is 0 Å². The lowest BCUT2D eigenvalue weighted by atomic mass is 9.98. The predicted octanol–water partition coefficient (Wildman–Crippen LogP) is -0.851. The van der Waals surface area contributed by atoms with Gasteiger partial charge in [0, 0.05) is 19.1 Å². The Morgan fingerprint density at radius 3 is 1.68 bits per heavy atom. The van der Waals surface area contributed by atoms with Gasteiger partial charge in [0.05, 0.1) is 35.0 Å². The van der Waals surface area contributed by atoms with Crippen molar-refractivity contribution in [2.45, 2.75) is 61.7 Å². The van der Waals surface area contributed by atoms with Crippen LogP contribution in [0, 0.1) is 0 Å². The SMILES string of the molecule is COc1cc(/C=C/C(=O)OC[C@H]2O[C@H](O[C@]3(CO)O[C@H](CO)[C@@H](O)[C@@H]3OC(=O)/C=C/c3cc(OC)c(O)c(OC)c3)[C@H](O)[C@@H](O)[C@@H]2OC(C)=O)cc(OC)c1O. The molecule has 0 amide bonds. The van der Waals surface area contributed by atoms with Crippen LogP contribution in [0.1, 0.15) is 18.1 Å². The normalized spacial score (nSPS) is 27.5. The molecule has 308 valence electrons. The number of ether oxygens (including phenoxy) is 10. The van der Waals surface area contributed by atoms with Crippen LogP contribution in [0.2, 0.25) is 0 Å². The molecule has 2 aliphatic heterocycles. The van der Waals surface area contributed by atoms with Crippen LogP contribution in [0.4, 0.5) is 0 Å². The zero-order valence-electron chi connectivity index (χ0n) is 30.8. The first-order chi connectivity index (χ1) is 26.6. The summed E-state index contributed by atoms with van der Waals surface area (Å²) in [5.41, 5.74) is 0.681. The van der Waals surface area contributed by atoms with Gasteiger partial charge in [-0.3, -0.25) is 4.79 Å². The Hall–Kier alpha value is -5.19. The molecular formula is C36H44O20. The molecule has 0 bridgehead atoms. The van der Waals surface area contributed by atoms with E-state index >= 15 is 0 Å². The van der Waals surface area contributed by atoms with Crippen molar-refractivity contribution in [3.05, 3.63) is 47.5 Å². The lowest BCUT2D eigenvalue weighted by Gasteiger charge is -2.44. The topological polar surface area (TPSA) is 285 Å². The number of hydrogen-bond acceptors (Lipinski definition) is 20. The second kappa shape index (κ2) is 19.1. The van der Waals surface area contributed by atoms with E-state index in [0.717, 1.165) is 19.1 Å². The van der Waals surface area contributed by atoms with E-state index in [-0.39, 0.29) is 34.5 Å². The molecule has 2 saturated heterocycles. The van der Waals surface area contributed by atoms with E-state index < -0.39 is 92.5 Å². The second-order valence-electron chi connectivity index (χ2n) is 12.2. The first kappa shape index (κ1) is 43.5. The monoisotopic (exact) mass is 796 g/mol. The van der Waals surface area contributed by atoms with Gasteiger partial charge in [0.2, 0.25) is 17.3 Å². The minimum Gasteiger partial charge on any atom is -0.502 e. The maximum Gasteiger partial charge on any atom is 0.331 e. The molecule has 4 rings (SSSR count). The maximum atomic E-state index is 13.0. The van der Waals surface area contributed by atoms with Gasteiger partial charge in [-0.15, -0.1) is 0 Å². The van der Waals surface area contributed by atoms with Crippen LogP contribution < -0.4 is 18.9 Å². The molecule has 2 aromatic carbocycles. The minimum atomic E-state index is -2.54. The Bertz CT molecular complexity index is 1710. The van der Waals surface area contributed by atoms with E-state index in [2.05, 4.69) is 0 Å². The number of aromatic hydroxyl groups is 2. The quantitative estimate of drug-likeness (QED) is 0.0619. The summed E-state index contributed by atoms with van der Waals surface area (Å²) in [6.07, 6.45) is -9.95. The van der Waals surface area contributed by atoms with Gasteiger partial charge in [0.15, 0.2) is 41.5 Å². The van der Waals surface area contributed by atoms with Crippen LogP contribution in [0.3, 0.4) is 0 Å². The van der Waals surface area contributed by atoms with Gasteiger partial charge in [-0.05, 0) is 47.5 Å². The number of phenols is 2. The Labute approximate surface area is 319 Å². The third-order valence-electron chi connectivity index (χ3n) is 8.60. The predicted molar refractivity (Wildman–Crippen MR) is 186 cm³/mol. The van der Waals surface area contributed by atoms with E-state index in [0.29, 0.717) is 11.1 Å². The van der Waals surface area contributed by atoms with Crippen LogP contribution in [-0.2, 0) is 42.8 Å². The number of benzene rings is 2. The highest BCUT2D eigenvalue weighted by molar-refractivity contribution is 5.88. The molecule has 20 nitrogen and oxygen atoms in total. The number of esters is 3. The molecule has 56 heavy (non-hydrogen) atoms. The van der Waals surface area contributed by atoms with Crippen molar-refractivity contribution in [1.82, 2.24) is 0 Å². The average molecular weight is 797 g/mol. The fourth-order valence-corrected chi connectivity index (χ4v) is 5.81. The van der Waals surface area contributed by atoms with Crippen LogP contribution >= 0.6 is 0 Å². The number of aliphatic hydroxyl groups excluding tert-OH is 5. The number of carbonyl (C=O) groups excluding carboxylic acids is 3. The largest absolute Gasteiger partial charge is 0.502 e. The van der Waals surface area contributed by atoms with Crippen molar-refractivity contribution < 1.29 is 97.5 Å². The van der Waals surface area contributed by atoms with Gasteiger partial charge >= 0.3 is 17.9 Å². The summed E-state index contributed by atoms with van der Waals surface area (Å²) in [5, 5.41) is 73.7. The van der Waals surface area contributed by atoms with Gasteiger partial charge in [-0.1, -0.05) is 0 Å². The molecule has 2 aromatic rings. The highest BCUT2D eigenvalue weighted by Gasteiger charge is 2.61. The fraction of sp³-hybridized carbons (Fsp3) is 0.472. The molecule has 0 aliphatic carbocycles. The molecule has 2 aliphatic rings. The lowest BCUT2D eigenvalue weighted by molar-refractivity contribution is -0.383. The van der Waals surface area contributed by atoms with Gasteiger partial charge in [-0.2, -0.15) is 0 Å². The summed E-state index contributed by atoms with van der Waals surface area (Å²) in [5.74, 6) is -5.90. The first-order valence-electron chi connectivity index (χ1n) is 16.7. The summed E-state index contributed by atoms with van der Waals surface area (Å²) in [6.45, 7) is -1.73. The zero-order valence-corrected chi connectivity index (χ0v) is 30.8. The third kappa shape index (κ3) is 9.78. The number of hydrogen-bond donors (Lipinski definition) is 7. The van der Waals surface area contributed by atoms with Crippen LogP contribution in [0.25, 0.3) is 12.2 Å². The van der Waals surface area contributed by atoms with Crippen molar-refractivity contribution in [2.24, 2.45) is 0 Å². The molecule has 20 heteroatoms. The summed E-state index contributed by atoms with van der Waals surface area (Å²) in [7, 11) is 5.24. The van der Waals surface area contributed by atoms with Crippen molar-refractivity contribution in [1.29, 1.82) is 0 Å². The van der Waals surface area contributed by atoms with Crippen LogP contribution in [0.5, 0.6) is 34.5 Å². The number of rotatable bonds is 16. The smallest absolute Gasteiger partial charge is 0.331 e. The van der Waals surface area contributed by atoms with Gasteiger partial charge < -0.3 is 83.1 Å². The van der Waals surface area contributed by atoms with E-state index in [1.165, 1.54) is 64.9 Å². The third-order valence-corrected chi connectivity index (χ3v) is 8.60. The second-order valence-corrected chi connectivity index (χ2v) is 12.2. The highest BCUT2D eigenvalue weighted by Crippen LogP contribution is 2.40. The fourth-order valence-electron chi connectivity index (χ4n) is 5.81. The molecule has 0 saturated carbocycles. The Morgan fingerprint density at radius 1 is 0.732 bits per heavy atom. The van der Waals surface area contributed by atoms with E-state index in [9.17, 15) is 50.1 Å². The van der Waals surface area contributed by atoms with Crippen LogP contribution in [0.15, 0.2) is 36.4 Å². The Balaban J connectivity index is 1.54. The summed E-state index contributed by atoms with van der Waals surface area (Å²) >= 11 is 0. The van der Waals surface area contributed by atoms with Crippen molar-refractivity contribution >= 4 is 30.1 Å². The molecule has 2 heterocycles. The number of phenolic OH excluding ortho intramolecular Hbond substituents is 2. The Kier molecular flexibility index (Phi) is 14.9. The molecule has 9 atom stereocenters. The van der Waals surface area contributed by atoms with Crippen molar-refractivity contribution in [2.75, 3.05) is 48.3 Å². The number of aliphatic hydroxyl groups is 5. The lowest BCUT2D eigenvalue weighted by Crippen LogP contribution is -2.64. The van der Waals surface area contributed by atoms with Crippen LogP contribution in [-0.4, -0.2) is 157 Å². The molecule has 0 spiro atoms. The molecular weight excluding hydrogens is 752 g/mol. The highest BCUT2D eigenvalue weighted by atomic mass is 16.8. The first-order valence-corrected chi connectivity index (χ1v) is 16.7. The molecule has 0 radical (unpaired) electrons. The van der Waals surface area contributed by atoms with E-state index in [1.54, 1.807) is 0 Å². The molecule has 0 unspecified atom stereocenters. The number of methoxy groups -OCH3 is 4. The van der Waals surface area contributed by atoms with Crippen molar-refractivity contribution in [3.63, 3.8) is 0 Å². The van der Waals surface area contributed by atoms with E-state index in [1.807, 2.05) is 0 Å². The number of carbonyl (C=O) groups is 3. The zero-order chi connectivity index (χ0) is 41.3. The van der Waals surface area contributed by atoms with E-state index in [4.69, 9.17) is 47.4 Å². The van der Waals surface area contributed by atoms with Gasteiger partial charge in [-0.25, -0.2) is 9.59 Å².